The molecule has 2 atom stereocenters. The van der Waals surface area contributed by atoms with Crippen LogP contribution < -0.4 is 4.78 Å². The summed E-state index contributed by atoms with van der Waals surface area (Å²) >= 11 is 0. The van der Waals surface area contributed by atoms with Gasteiger partial charge in [0.25, 0.3) is 0 Å². The van der Waals surface area contributed by atoms with Gasteiger partial charge in [0, 0.05) is 5.41 Å². The van der Waals surface area contributed by atoms with E-state index in [2.05, 4.69) is 47.9 Å². The summed E-state index contributed by atoms with van der Waals surface area (Å²) in [5.41, 5.74) is 3.25. The van der Waals surface area contributed by atoms with E-state index < -0.39 is 8.07 Å². The van der Waals surface area contributed by atoms with Gasteiger partial charge in [-0.25, -0.2) is 4.78 Å². The van der Waals surface area contributed by atoms with E-state index in [9.17, 15) is 0 Å². The maximum absolute atomic E-state index is 5.62. The first-order chi connectivity index (χ1) is 8.98. The van der Waals surface area contributed by atoms with Crippen molar-refractivity contribution in [3.63, 3.8) is 0 Å². The molecule has 2 aliphatic heterocycles. The summed E-state index contributed by atoms with van der Waals surface area (Å²) in [7, 11) is -0.666. The Morgan fingerprint density at radius 2 is 1.89 bits per heavy atom. The van der Waals surface area contributed by atoms with Crippen molar-refractivity contribution in [2.45, 2.75) is 33.5 Å². The molecule has 0 saturated heterocycles. The lowest BCUT2D eigenvalue weighted by atomic mass is 9.99. The van der Waals surface area contributed by atoms with E-state index in [4.69, 9.17) is 4.84 Å². The molecular weight excluding hydrogens is 257 g/mol. The Balaban J connectivity index is 2.00. The van der Waals surface area contributed by atoms with Crippen LogP contribution in [0.5, 0.6) is 0 Å². The third kappa shape index (κ3) is 2.04. The first kappa shape index (κ1) is 12.6. The maximum Gasteiger partial charge on any atom is 0.210 e. The van der Waals surface area contributed by atoms with Crippen LogP contribution in [-0.2, 0) is 4.84 Å². The molecule has 2 heterocycles. The first-order valence-electron chi connectivity index (χ1n) is 6.42. The number of anilines is 1. The third-order valence-electron chi connectivity index (χ3n) is 3.15. The summed E-state index contributed by atoms with van der Waals surface area (Å²) < 4.78 is 2.10. The Labute approximate surface area is 114 Å². The Hall–Kier alpha value is -1.41. The highest BCUT2D eigenvalue weighted by atomic mass is 31.1. The van der Waals surface area contributed by atoms with Gasteiger partial charge in [-0.05, 0) is 19.1 Å². The number of benzene rings is 1. The summed E-state index contributed by atoms with van der Waals surface area (Å²) in [6.45, 7) is 8.55. The fourth-order valence-corrected chi connectivity index (χ4v) is 4.79. The molecule has 0 spiro atoms. The lowest BCUT2D eigenvalue weighted by molar-refractivity contribution is 0.167. The third-order valence-corrected chi connectivity index (χ3v) is 5.98. The number of hydrogen-bond donors (Lipinski definition) is 0. The topological polar surface area (TPSA) is 37.2 Å². The van der Waals surface area contributed by atoms with Crippen molar-refractivity contribution in [1.82, 2.24) is 0 Å². The fourth-order valence-electron chi connectivity index (χ4n) is 2.21. The number of rotatable bonds is 1. The van der Waals surface area contributed by atoms with Gasteiger partial charge < -0.3 is 4.84 Å². The molecule has 0 aliphatic carbocycles. The summed E-state index contributed by atoms with van der Waals surface area (Å²) in [6.07, 6.45) is 0. The molecule has 3 rings (SSSR count). The van der Waals surface area contributed by atoms with Gasteiger partial charge in [0.05, 0.1) is 11.4 Å². The van der Waals surface area contributed by atoms with Crippen molar-refractivity contribution in [2.75, 3.05) is 4.78 Å². The van der Waals surface area contributed by atoms with Crippen molar-refractivity contribution < 1.29 is 4.84 Å². The summed E-state index contributed by atoms with van der Waals surface area (Å²) in [5.74, 6) is 0.0180. The molecule has 2 aliphatic rings. The average Bonchev–Trinajstić information content (AvgIpc) is 2.91. The quantitative estimate of drug-likeness (QED) is 0.726. The molecule has 2 unspecified atom stereocenters. The van der Waals surface area contributed by atoms with Gasteiger partial charge in [-0.1, -0.05) is 44.1 Å². The number of hydrazone groups is 1. The lowest BCUT2D eigenvalue weighted by Gasteiger charge is -2.28. The van der Waals surface area contributed by atoms with Crippen LogP contribution in [0.1, 0.15) is 27.7 Å². The Bertz CT molecular complexity index is 548. The van der Waals surface area contributed by atoms with Crippen LogP contribution in [-0.4, -0.2) is 17.0 Å². The van der Waals surface area contributed by atoms with Crippen LogP contribution in [0, 0.1) is 5.41 Å². The molecule has 1 aromatic rings. The van der Waals surface area contributed by atoms with Crippen LogP contribution in [0.2, 0.25) is 0 Å². The second kappa shape index (κ2) is 4.31. The Kier molecular flexibility index (Phi) is 2.86. The highest BCUT2D eigenvalue weighted by Crippen LogP contribution is 2.60. The van der Waals surface area contributed by atoms with E-state index in [1.807, 2.05) is 25.1 Å². The molecule has 19 heavy (non-hydrogen) atoms. The van der Waals surface area contributed by atoms with Crippen LogP contribution in [0.3, 0.4) is 0 Å². The van der Waals surface area contributed by atoms with Crippen LogP contribution in [0.15, 0.2) is 40.6 Å². The monoisotopic (exact) mass is 275 g/mol. The van der Waals surface area contributed by atoms with E-state index in [1.165, 1.54) is 0 Å². The zero-order chi connectivity index (χ0) is 13.6. The van der Waals surface area contributed by atoms with Gasteiger partial charge in [-0.3, -0.25) is 0 Å². The Morgan fingerprint density at radius 1 is 1.21 bits per heavy atom. The average molecular weight is 275 g/mol. The zero-order valence-corrected chi connectivity index (χ0v) is 12.6. The molecule has 100 valence electrons. The van der Waals surface area contributed by atoms with Crippen molar-refractivity contribution in [1.29, 1.82) is 0 Å². The van der Waals surface area contributed by atoms with Gasteiger partial charge in [-0.2, -0.15) is 5.10 Å². The Morgan fingerprint density at radius 3 is 2.53 bits per heavy atom. The second-order valence-electron chi connectivity index (χ2n) is 5.83. The molecule has 0 saturated carbocycles. The molecule has 1 aromatic carbocycles. The van der Waals surface area contributed by atoms with Crippen molar-refractivity contribution in [3.8, 4) is 0 Å². The minimum absolute atomic E-state index is 0.00756. The number of hydrogen-bond acceptors (Lipinski definition) is 4. The molecule has 5 heteroatoms. The van der Waals surface area contributed by atoms with E-state index in [1.54, 1.807) is 0 Å². The standard InChI is InChI=1S/C14H18N3OP/c1-10-12-18-16-13(14(2,3)4)19(12)17(15-10)11-8-6-5-7-9-11/h5-9,12H,1-4H3. The van der Waals surface area contributed by atoms with Crippen LogP contribution in [0.4, 0.5) is 5.69 Å². The highest BCUT2D eigenvalue weighted by molar-refractivity contribution is 7.78. The molecule has 0 aromatic heterocycles. The summed E-state index contributed by atoms with van der Waals surface area (Å²) in [6, 6.07) is 10.3. The summed E-state index contributed by atoms with van der Waals surface area (Å²) in [5, 5.41) is 9.02. The van der Waals surface area contributed by atoms with E-state index >= 15 is 0 Å². The molecular formula is C14H18N3OP. The SMILES string of the molecule is CC1=NN(c2ccccc2)P2C(C(C)(C)C)=NOC12. The summed E-state index contributed by atoms with van der Waals surface area (Å²) in [4.78, 5) is 5.62. The molecule has 0 fully saturated rings. The number of oxime groups is 1. The van der Waals surface area contributed by atoms with Gasteiger partial charge in [0.1, 0.15) is 13.5 Å². The predicted molar refractivity (Wildman–Crippen MR) is 80.7 cm³/mol. The normalized spacial score (nSPS) is 25.8. The highest BCUT2D eigenvalue weighted by Gasteiger charge is 2.49. The predicted octanol–water partition coefficient (Wildman–Crippen LogP) is 4.00. The zero-order valence-electron chi connectivity index (χ0n) is 11.7. The van der Waals surface area contributed by atoms with Crippen molar-refractivity contribution in [3.05, 3.63) is 30.3 Å². The maximum atomic E-state index is 5.62. The van der Waals surface area contributed by atoms with Crippen molar-refractivity contribution in [2.24, 2.45) is 15.7 Å². The fraction of sp³-hybridized carbons (Fsp3) is 0.429. The van der Waals surface area contributed by atoms with Crippen molar-refractivity contribution >= 4 is 24.9 Å². The molecule has 0 amide bonds. The second-order valence-corrected chi connectivity index (χ2v) is 7.79. The van der Waals surface area contributed by atoms with E-state index in [-0.39, 0.29) is 11.3 Å². The van der Waals surface area contributed by atoms with Gasteiger partial charge in [-0.15, -0.1) is 0 Å². The number of fused-ring (bicyclic) bond motifs is 1. The molecule has 0 N–H and O–H groups in total. The largest absolute Gasteiger partial charge is 0.379 e. The van der Waals surface area contributed by atoms with Gasteiger partial charge in [0.2, 0.25) is 5.85 Å². The first-order valence-corrected chi connectivity index (χ1v) is 7.78. The minimum atomic E-state index is -0.666. The lowest BCUT2D eigenvalue weighted by Crippen LogP contribution is -2.23. The molecule has 0 bridgehead atoms. The van der Waals surface area contributed by atoms with Crippen LogP contribution >= 0.6 is 8.07 Å². The van der Waals surface area contributed by atoms with Gasteiger partial charge >= 0.3 is 0 Å². The number of nitrogens with zero attached hydrogens (tertiary/aromatic N) is 3. The number of para-hydroxylation sites is 1. The smallest absolute Gasteiger partial charge is 0.210 e. The van der Waals surface area contributed by atoms with E-state index in [0.29, 0.717) is 0 Å². The van der Waals surface area contributed by atoms with Gasteiger partial charge in [0.15, 0.2) is 0 Å². The molecule has 0 radical (unpaired) electrons. The molecule has 4 nitrogen and oxygen atoms in total. The van der Waals surface area contributed by atoms with Crippen LogP contribution in [0.25, 0.3) is 0 Å². The van der Waals surface area contributed by atoms with E-state index in [0.717, 1.165) is 16.9 Å². The minimum Gasteiger partial charge on any atom is -0.379 e.